The van der Waals surface area contributed by atoms with E-state index in [4.69, 9.17) is 0 Å². The molecule has 0 saturated carbocycles. The second-order valence-electron chi connectivity index (χ2n) is 0. The van der Waals surface area contributed by atoms with Gasteiger partial charge < -0.3 is 0 Å². The fourth-order valence-corrected chi connectivity index (χ4v) is 0. The Bertz CT molecular complexity index is 3.25. The van der Waals surface area contributed by atoms with Gasteiger partial charge in [-0.15, -0.1) is 48.0 Å². The minimum Gasteiger partial charge on any atom is -0.107 e. The standard InChI is InChI=1S/CH3I.2HI/c1-2;;/h1H3;2*1H. The highest BCUT2D eigenvalue weighted by atomic mass is 127. The lowest BCUT2D eigenvalue weighted by Crippen LogP contribution is -0.798. The molecule has 0 nitrogen and oxygen atoms in total. The molecule has 0 rings (SSSR count). The van der Waals surface area contributed by atoms with Crippen LogP contribution in [0.3, 0.4) is 0 Å². The highest BCUT2D eigenvalue weighted by Crippen LogP contribution is 1.48. The number of hydrogen-bond donors (Lipinski definition) is 0. The molecule has 3 heteroatoms. The van der Waals surface area contributed by atoms with E-state index in [0.717, 1.165) is 0 Å². The van der Waals surface area contributed by atoms with Crippen molar-refractivity contribution >= 4 is 70.5 Å². The Labute approximate surface area is 74.3 Å². The van der Waals surface area contributed by atoms with Crippen LogP contribution in [0.4, 0.5) is 0 Å². The van der Waals surface area contributed by atoms with Gasteiger partial charge in [-0.05, 0) is 4.93 Å². The third kappa shape index (κ3) is 8.89. The van der Waals surface area contributed by atoms with E-state index in [1.807, 2.05) is 4.93 Å². The van der Waals surface area contributed by atoms with Crippen molar-refractivity contribution in [1.82, 2.24) is 0 Å². The molecule has 0 aliphatic heterocycles. The molecule has 4 heavy (non-hydrogen) atoms. The van der Waals surface area contributed by atoms with Gasteiger partial charge in [0.1, 0.15) is 0 Å². The topological polar surface area (TPSA) is 0 Å². The zero-order chi connectivity index (χ0) is 2.00. The fourth-order valence-electron chi connectivity index (χ4n) is 0. The summed E-state index contributed by atoms with van der Waals surface area (Å²) in [6.07, 6.45) is 0. The van der Waals surface area contributed by atoms with E-state index >= 15 is 0 Å². The van der Waals surface area contributed by atoms with Gasteiger partial charge in [0, 0.05) is 0 Å². The summed E-state index contributed by atoms with van der Waals surface area (Å²) in [5.74, 6) is 0. The first-order valence-electron chi connectivity index (χ1n) is 0.378. The molecule has 0 aromatic heterocycles. The van der Waals surface area contributed by atoms with Crippen LogP contribution in [-0.4, -0.2) is 4.93 Å². The molecular weight excluding hydrogens is 393 g/mol. The maximum absolute atomic E-state index is 2.15. The van der Waals surface area contributed by atoms with E-state index < -0.39 is 0 Å². The quantitative estimate of drug-likeness (QED) is 0.435. The molecule has 0 aromatic carbocycles. The maximum atomic E-state index is 2.15. The number of alkyl halides is 1. The van der Waals surface area contributed by atoms with Gasteiger partial charge in [0.05, 0.1) is 0 Å². The molecular formula is CH5I3. The molecule has 0 radical (unpaired) electrons. The molecule has 0 spiro atoms. The van der Waals surface area contributed by atoms with Crippen molar-refractivity contribution in [3.63, 3.8) is 0 Å². The van der Waals surface area contributed by atoms with Crippen LogP contribution in [0.15, 0.2) is 0 Å². The summed E-state index contributed by atoms with van der Waals surface area (Å²) in [5, 5.41) is 0. The second kappa shape index (κ2) is 19.0. The average Bonchev–Trinajstić information content (AvgIpc) is 1.00. The van der Waals surface area contributed by atoms with E-state index in [2.05, 4.69) is 22.6 Å². The predicted molar refractivity (Wildman–Crippen MR) is 50.8 cm³/mol. The molecule has 0 fully saturated rings. The van der Waals surface area contributed by atoms with Crippen LogP contribution >= 0.6 is 70.5 Å². The van der Waals surface area contributed by atoms with Crippen molar-refractivity contribution in [3.8, 4) is 0 Å². The van der Waals surface area contributed by atoms with Crippen molar-refractivity contribution in [1.29, 1.82) is 0 Å². The van der Waals surface area contributed by atoms with E-state index in [1.165, 1.54) is 0 Å². The summed E-state index contributed by atoms with van der Waals surface area (Å²) >= 11 is 2.15. The van der Waals surface area contributed by atoms with Gasteiger partial charge in [-0.25, -0.2) is 0 Å². The van der Waals surface area contributed by atoms with Crippen molar-refractivity contribution in [3.05, 3.63) is 0 Å². The van der Waals surface area contributed by atoms with E-state index in [1.54, 1.807) is 0 Å². The van der Waals surface area contributed by atoms with Gasteiger partial charge >= 0.3 is 0 Å². The van der Waals surface area contributed by atoms with Gasteiger partial charge in [-0.2, -0.15) is 0 Å². The van der Waals surface area contributed by atoms with Gasteiger partial charge in [0.25, 0.3) is 0 Å². The van der Waals surface area contributed by atoms with Crippen LogP contribution in [0.5, 0.6) is 0 Å². The highest BCUT2D eigenvalue weighted by molar-refractivity contribution is 14.1. The SMILES string of the molecule is CI.I.I. The van der Waals surface area contributed by atoms with Crippen molar-refractivity contribution < 1.29 is 0 Å². The Morgan fingerprint density at radius 1 is 1.00 bits per heavy atom. The smallest absolute Gasteiger partial charge is 0.0121 e. The summed E-state index contributed by atoms with van der Waals surface area (Å²) in [4.78, 5) is 1.97. The van der Waals surface area contributed by atoms with Crippen LogP contribution in [0.25, 0.3) is 0 Å². The number of hydrogen-bond acceptors (Lipinski definition) is 0. The summed E-state index contributed by atoms with van der Waals surface area (Å²) in [5.41, 5.74) is 0. The molecule has 0 aliphatic rings. The van der Waals surface area contributed by atoms with Gasteiger partial charge in [-0.3, -0.25) is 0 Å². The zero-order valence-corrected chi connectivity index (χ0v) is 9.01. The summed E-state index contributed by atoms with van der Waals surface area (Å²) in [7, 11) is 0. The number of rotatable bonds is 0. The Kier molecular flexibility index (Phi) is 77.8. The second-order valence-corrected chi connectivity index (χ2v) is 0. The largest absolute Gasteiger partial charge is 0.107 e. The molecule has 0 heterocycles. The minimum absolute atomic E-state index is 0. The predicted octanol–water partition coefficient (Wildman–Crippen LogP) is 2.29. The van der Waals surface area contributed by atoms with Gasteiger partial charge in [-0.1, -0.05) is 22.6 Å². The monoisotopic (exact) mass is 398 g/mol. The Morgan fingerprint density at radius 2 is 1.00 bits per heavy atom. The van der Waals surface area contributed by atoms with Gasteiger partial charge in [0.2, 0.25) is 0 Å². The minimum atomic E-state index is 0. The normalized spacial score (nSPS) is 1.50. The lowest BCUT2D eigenvalue weighted by molar-refractivity contribution is 2.66. The molecule has 0 aliphatic carbocycles. The lowest BCUT2D eigenvalue weighted by atomic mass is 12.0. The lowest BCUT2D eigenvalue weighted by Gasteiger charge is -1.05. The van der Waals surface area contributed by atoms with E-state index in [-0.39, 0.29) is 48.0 Å². The Morgan fingerprint density at radius 3 is 1.00 bits per heavy atom. The Hall–Kier alpha value is 2.19. The van der Waals surface area contributed by atoms with Crippen LogP contribution in [0.1, 0.15) is 0 Å². The molecule has 0 atom stereocenters. The zero-order valence-electron chi connectivity index (χ0n) is 2.19. The molecule has 0 saturated heterocycles. The van der Waals surface area contributed by atoms with Crippen LogP contribution in [0, 0.1) is 0 Å². The summed E-state index contributed by atoms with van der Waals surface area (Å²) in [6.45, 7) is 0. The molecule has 0 N–H and O–H groups in total. The Balaban J connectivity index is -0.00000000500. The van der Waals surface area contributed by atoms with E-state index in [0.29, 0.717) is 0 Å². The first-order chi connectivity index (χ1) is 1.00. The third-order valence-electron chi connectivity index (χ3n) is 0. The fraction of sp³-hybridized carbons (Fsp3) is 1.00. The van der Waals surface area contributed by atoms with Crippen molar-refractivity contribution in [2.75, 3.05) is 4.93 Å². The maximum Gasteiger partial charge on any atom is -0.0121 e. The third-order valence-corrected chi connectivity index (χ3v) is 0. The van der Waals surface area contributed by atoms with Gasteiger partial charge in [0.15, 0.2) is 0 Å². The van der Waals surface area contributed by atoms with Crippen LogP contribution in [-0.2, 0) is 0 Å². The van der Waals surface area contributed by atoms with Crippen molar-refractivity contribution in [2.45, 2.75) is 0 Å². The molecule has 0 unspecified atom stereocenters. The summed E-state index contributed by atoms with van der Waals surface area (Å²) < 4.78 is 0. The molecule has 0 amide bonds. The van der Waals surface area contributed by atoms with Crippen molar-refractivity contribution in [2.24, 2.45) is 0 Å². The van der Waals surface area contributed by atoms with E-state index in [9.17, 15) is 0 Å². The van der Waals surface area contributed by atoms with Crippen LogP contribution < -0.4 is 0 Å². The number of halogens is 3. The van der Waals surface area contributed by atoms with Crippen LogP contribution in [0.2, 0.25) is 0 Å². The average molecular weight is 398 g/mol. The summed E-state index contributed by atoms with van der Waals surface area (Å²) in [6, 6.07) is 0. The molecule has 30 valence electrons. The molecule has 0 bridgehead atoms. The highest BCUT2D eigenvalue weighted by Gasteiger charge is 0.950. The molecule has 0 aromatic rings. The first-order valence-corrected chi connectivity index (χ1v) is 2.54. The first kappa shape index (κ1) is 16.4.